The summed E-state index contributed by atoms with van der Waals surface area (Å²) in [5.41, 5.74) is 5.93. The van der Waals surface area contributed by atoms with Gasteiger partial charge >= 0.3 is 0 Å². The first-order valence-corrected chi connectivity index (χ1v) is 9.14. The van der Waals surface area contributed by atoms with Crippen molar-refractivity contribution in [2.45, 2.75) is 26.8 Å². The highest BCUT2D eigenvalue weighted by molar-refractivity contribution is 5.96. The number of ether oxygens (including phenoxy) is 1. The minimum Gasteiger partial charge on any atom is -0.497 e. The lowest BCUT2D eigenvalue weighted by molar-refractivity contribution is 0.0731. The number of amides is 1. The van der Waals surface area contributed by atoms with Gasteiger partial charge in [0, 0.05) is 24.1 Å². The number of imidazole rings is 1. The van der Waals surface area contributed by atoms with E-state index in [0.29, 0.717) is 13.1 Å². The van der Waals surface area contributed by atoms with Crippen molar-refractivity contribution < 1.29 is 9.53 Å². The number of rotatable bonds is 3. The van der Waals surface area contributed by atoms with Gasteiger partial charge in [-0.05, 0) is 37.6 Å². The third kappa shape index (κ3) is 3.33. The van der Waals surface area contributed by atoms with Crippen LogP contribution in [-0.4, -0.2) is 34.4 Å². The fraction of sp³-hybridized carbons (Fsp3) is 0.273. The topological polar surface area (TPSA) is 58.2 Å². The average Bonchev–Trinajstić information content (AvgIpc) is 3.12. The molecule has 0 saturated carbocycles. The monoisotopic (exact) mass is 361 g/mol. The van der Waals surface area contributed by atoms with Crippen LogP contribution in [0.5, 0.6) is 5.75 Å². The molecule has 1 aromatic heterocycles. The second-order valence-corrected chi connectivity index (χ2v) is 7.04. The quantitative estimate of drug-likeness (QED) is 0.770. The van der Waals surface area contributed by atoms with Crippen LogP contribution in [0.2, 0.25) is 0 Å². The molecule has 2 aromatic carbocycles. The summed E-state index contributed by atoms with van der Waals surface area (Å²) in [7, 11) is 1.66. The van der Waals surface area contributed by atoms with Crippen LogP contribution in [0.3, 0.4) is 0 Å². The maximum Gasteiger partial charge on any atom is 0.254 e. The fourth-order valence-electron chi connectivity index (χ4n) is 3.51. The Morgan fingerprint density at radius 1 is 1.19 bits per heavy atom. The van der Waals surface area contributed by atoms with Gasteiger partial charge in [0.25, 0.3) is 5.91 Å². The van der Waals surface area contributed by atoms with Crippen molar-refractivity contribution >= 4 is 5.91 Å². The van der Waals surface area contributed by atoms with Crippen molar-refractivity contribution in [3.8, 4) is 17.1 Å². The molecule has 0 bridgehead atoms. The molecule has 0 spiro atoms. The predicted molar refractivity (Wildman–Crippen MR) is 105 cm³/mol. The number of aromatic nitrogens is 2. The smallest absolute Gasteiger partial charge is 0.254 e. The van der Waals surface area contributed by atoms with Crippen LogP contribution in [0.1, 0.15) is 32.9 Å². The lowest BCUT2D eigenvalue weighted by atomic mass is 10.0. The Morgan fingerprint density at radius 3 is 2.85 bits per heavy atom. The summed E-state index contributed by atoms with van der Waals surface area (Å²) in [6.45, 7) is 5.24. The molecule has 0 saturated heterocycles. The molecular weight excluding hydrogens is 338 g/mol. The van der Waals surface area contributed by atoms with Crippen LogP contribution in [0, 0.1) is 13.8 Å². The van der Waals surface area contributed by atoms with Crippen molar-refractivity contribution in [3.63, 3.8) is 0 Å². The van der Waals surface area contributed by atoms with E-state index in [9.17, 15) is 4.79 Å². The van der Waals surface area contributed by atoms with Crippen LogP contribution in [0.25, 0.3) is 11.4 Å². The number of hydrogen-bond acceptors (Lipinski definition) is 3. The van der Waals surface area contributed by atoms with Crippen molar-refractivity contribution in [2.75, 3.05) is 13.7 Å². The van der Waals surface area contributed by atoms with Gasteiger partial charge in [0.15, 0.2) is 0 Å². The highest BCUT2D eigenvalue weighted by Gasteiger charge is 2.25. The molecule has 138 valence electrons. The fourth-order valence-corrected chi connectivity index (χ4v) is 3.51. The molecule has 1 N–H and O–H groups in total. The van der Waals surface area contributed by atoms with Crippen LogP contribution in [0.4, 0.5) is 0 Å². The Kier molecular flexibility index (Phi) is 4.44. The minimum atomic E-state index is 0.0828. The molecule has 4 rings (SSSR count). The standard InChI is InChI=1S/C22H23N3O2/c1-14-7-8-15(2)18(11-14)22(26)25-10-9-19-20(13-25)24-21(23-19)16-5-4-6-17(12-16)27-3/h4-8,11-12H,9-10,13H2,1-3H3,(H,23,24). The number of methoxy groups -OCH3 is 1. The molecule has 0 fully saturated rings. The molecule has 5 heteroatoms. The molecule has 0 unspecified atom stereocenters. The van der Waals surface area contributed by atoms with Gasteiger partial charge in [-0.3, -0.25) is 4.79 Å². The first-order valence-electron chi connectivity index (χ1n) is 9.14. The molecule has 2 heterocycles. The number of carbonyl (C=O) groups excluding carboxylic acids is 1. The number of nitrogens with zero attached hydrogens (tertiary/aromatic N) is 2. The molecular formula is C22H23N3O2. The summed E-state index contributed by atoms with van der Waals surface area (Å²) < 4.78 is 5.30. The maximum atomic E-state index is 13.0. The highest BCUT2D eigenvalue weighted by Crippen LogP contribution is 2.26. The Hall–Kier alpha value is -3.08. The van der Waals surface area contributed by atoms with E-state index in [4.69, 9.17) is 9.72 Å². The van der Waals surface area contributed by atoms with Crippen LogP contribution in [0.15, 0.2) is 42.5 Å². The first-order chi connectivity index (χ1) is 13.0. The number of hydrogen-bond donors (Lipinski definition) is 1. The van der Waals surface area contributed by atoms with Gasteiger partial charge in [-0.25, -0.2) is 4.98 Å². The third-order valence-corrected chi connectivity index (χ3v) is 5.09. The van der Waals surface area contributed by atoms with E-state index in [1.165, 1.54) is 0 Å². The van der Waals surface area contributed by atoms with E-state index < -0.39 is 0 Å². The Bertz CT molecular complexity index is 1010. The van der Waals surface area contributed by atoms with E-state index in [0.717, 1.165) is 51.6 Å². The number of carbonyl (C=O) groups is 1. The number of fused-ring (bicyclic) bond motifs is 1. The van der Waals surface area contributed by atoms with Crippen molar-refractivity contribution in [1.82, 2.24) is 14.9 Å². The maximum absolute atomic E-state index is 13.0. The molecule has 0 atom stereocenters. The predicted octanol–water partition coefficient (Wildman–Crippen LogP) is 3.90. The van der Waals surface area contributed by atoms with E-state index in [-0.39, 0.29) is 5.91 Å². The van der Waals surface area contributed by atoms with E-state index >= 15 is 0 Å². The number of nitrogens with one attached hydrogen (secondary N) is 1. The lowest BCUT2D eigenvalue weighted by Gasteiger charge is -2.27. The molecule has 1 aliphatic heterocycles. The van der Waals surface area contributed by atoms with Gasteiger partial charge in [0.1, 0.15) is 11.6 Å². The molecule has 0 aliphatic carbocycles. The van der Waals surface area contributed by atoms with Crippen LogP contribution in [-0.2, 0) is 13.0 Å². The summed E-state index contributed by atoms with van der Waals surface area (Å²) in [6, 6.07) is 13.9. The van der Waals surface area contributed by atoms with Crippen molar-refractivity contribution in [1.29, 1.82) is 0 Å². The molecule has 5 nitrogen and oxygen atoms in total. The summed E-state index contributed by atoms with van der Waals surface area (Å²) in [4.78, 5) is 23.1. The van der Waals surface area contributed by atoms with E-state index in [1.54, 1.807) is 7.11 Å². The SMILES string of the molecule is COc1cccc(-c2nc3c([nH]2)CN(C(=O)c2cc(C)ccc2C)CC3)c1. The number of benzene rings is 2. The summed E-state index contributed by atoms with van der Waals surface area (Å²) in [5.74, 6) is 1.70. The van der Waals surface area contributed by atoms with Gasteiger partial charge in [-0.15, -0.1) is 0 Å². The van der Waals surface area contributed by atoms with Gasteiger partial charge < -0.3 is 14.6 Å². The van der Waals surface area contributed by atoms with Crippen LogP contribution < -0.4 is 4.74 Å². The van der Waals surface area contributed by atoms with Gasteiger partial charge in [-0.2, -0.15) is 0 Å². The van der Waals surface area contributed by atoms with Gasteiger partial charge in [0.05, 0.1) is 25.0 Å². The highest BCUT2D eigenvalue weighted by atomic mass is 16.5. The summed E-state index contributed by atoms with van der Waals surface area (Å²) >= 11 is 0. The second kappa shape index (κ2) is 6.91. The second-order valence-electron chi connectivity index (χ2n) is 7.04. The zero-order valence-corrected chi connectivity index (χ0v) is 15.9. The number of H-pyrrole nitrogens is 1. The molecule has 0 radical (unpaired) electrons. The Balaban J connectivity index is 1.59. The minimum absolute atomic E-state index is 0.0828. The first kappa shape index (κ1) is 17.3. The zero-order chi connectivity index (χ0) is 19.0. The Labute approximate surface area is 159 Å². The van der Waals surface area contributed by atoms with Crippen molar-refractivity contribution in [2.24, 2.45) is 0 Å². The molecule has 27 heavy (non-hydrogen) atoms. The van der Waals surface area contributed by atoms with E-state index in [2.05, 4.69) is 4.98 Å². The lowest BCUT2D eigenvalue weighted by Crippen LogP contribution is -2.36. The molecule has 1 amide bonds. The molecule has 3 aromatic rings. The number of aryl methyl sites for hydroxylation is 2. The third-order valence-electron chi connectivity index (χ3n) is 5.09. The van der Waals surface area contributed by atoms with Gasteiger partial charge in [-0.1, -0.05) is 29.8 Å². The van der Waals surface area contributed by atoms with Gasteiger partial charge in [0.2, 0.25) is 0 Å². The average molecular weight is 361 g/mol. The largest absolute Gasteiger partial charge is 0.497 e. The normalized spacial score (nSPS) is 13.4. The molecule has 1 aliphatic rings. The summed E-state index contributed by atoms with van der Waals surface area (Å²) in [5, 5.41) is 0. The van der Waals surface area contributed by atoms with E-state index in [1.807, 2.05) is 61.2 Å². The summed E-state index contributed by atoms with van der Waals surface area (Å²) in [6.07, 6.45) is 0.756. The van der Waals surface area contributed by atoms with Crippen molar-refractivity contribution in [3.05, 3.63) is 70.5 Å². The van der Waals surface area contributed by atoms with Crippen LogP contribution >= 0.6 is 0 Å². The zero-order valence-electron chi connectivity index (χ0n) is 15.9. The Morgan fingerprint density at radius 2 is 2.04 bits per heavy atom. The number of aromatic amines is 1.